The summed E-state index contributed by atoms with van der Waals surface area (Å²) in [5.41, 5.74) is 4.36. The van der Waals surface area contributed by atoms with Crippen LogP contribution in [0.15, 0.2) is 24.3 Å². The highest BCUT2D eigenvalue weighted by molar-refractivity contribution is 5.82. The first-order valence-corrected chi connectivity index (χ1v) is 6.40. The van der Waals surface area contributed by atoms with E-state index < -0.39 is 0 Å². The average Bonchev–Trinajstić information content (AvgIpc) is 2.55. The van der Waals surface area contributed by atoms with Gasteiger partial charge in [-0.25, -0.2) is 0 Å². The third-order valence-corrected chi connectivity index (χ3v) is 3.50. The maximum absolute atomic E-state index is 2.33. The van der Waals surface area contributed by atoms with Gasteiger partial charge >= 0.3 is 0 Å². The summed E-state index contributed by atoms with van der Waals surface area (Å²) in [4.78, 5) is 0. The molecule has 0 bridgehead atoms. The molecule has 0 atom stereocenters. The Kier molecular flexibility index (Phi) is 2.81. The lowest BCUT2D eigenvalue weighted by Gasteiger charge is -2.19. The Labute approximate surface area is 104 Å². The molecule has 1 nitrogen and oxygen atoms in total. The van der Waals surface area contributed by atoms with Crippen LogP contribution >= 0.6 is 0 Å². The van der Waals surface area contributed by atoms with Crippen molar-refractivity contribution in [2.45, 2.75) is 46.0 Å². The number of hydrogen-bond donors (Lipinski definition) is 0. The minimum absolute atomic E-state index is 0.200. The number of fused-ring (bicyclic) bond motifs is 1. The van der Waals surface area contributed by atoms with Gasteiger partial charge in [-0.15, -0.1) is 0 Å². The van der Waals surface area contributed by atoms with E-state index in [4.69, 9.17) is 0 Å². The van der Waals surface area contributed by atoms with Crippen LogP contribution in [0.5, 0.6) is 0 Å². The van der Waals surface area contributed by atoms with Gasteiger partial charge in [-0.05, 0) is 29.0 Å². The van der Waals surface area contributed by atoms with Crippen LogP contribution in [0, 0.1) is 0 Å². The molecule has 2 aromatic rings. The molecule has 92 valence electrons. The summed E-state index contributed by atoms with van der Waals surface area (Å²) in [5, 5.41) is 1.35. The van der Waals surface area contributed by atoms with Crippen LogP contribution in [0.25, 0.3) is 10.9 Å². The fourth-order valence-electron chi connectivity index (χ4n) is 2.43. The molecule has 1 aromatic heterocycles. The van der Waals surface area contributed by atoms with Crippen molar-refractivity contribution >= 4 is 10.9 Å². The molecule has 0 saturated carbocycles. The van der Waals surface area contributed by atoms with Crippen molar-refractivity contribution in [1.29, 1.82) is 0 Å². The molecule has 1 heterocycles. The number of benzene rings is 1. The van der Waals surface area contributed by atoms with E-state index in [1.807, 2.05) is 0 Å². The van der Waals surface area contributed by atoms with Crippen LogP contribution in [0.4, 0.5) is 0 Å². The minimum atomic E-state index is 0.200. The van der Waals surface area contributed by atoms with Crippen LogP contribution in [0.2, 0.25) is 0 Å². The van der Waals surface area contributed by atoms with Crippen molar-refractivity contribution in [1.82, 2.24) is 4.57 Å². The van der Waals surface area contributed by atoms with E-state index in [0.29, 0.717) is 5.92 Å². The number of nitrogens with zero attached hydrogens (tertiary/aromatic N) is 1. The SMILES string of the molecule is CC(C)c1ccc2cc(C(C)(C)C)n(C)c2c1. The van der Waals surface area contributed by atoms with Crippen molar-refractivity contribution in [2.75, 3.05) is 0 Å². The standard InChI is InChI=1S/C16H23N/c1-11(2)12-7-8-13-10-15(16(3,4)5)17(6)14(13)9-12/h7-11H,1-6H3. The Morgan fingerprint density at radius 2 is 1.71 bits per heavy atom. The first-order chi connectivity index (χ1) is 7.80. The minimum Gasteiger partial charge on any atom is -0.347 e. The number of hydrogen-bond acceptors (Lipinski definition) is 0. The Hall–Kier alpha value is -1.24. The van der Waals surface area contributed by atoms with E-state index in [2.05, 4.69) is 70.5 Å². The first kappa shape index (κ1) is 12.2. The Morgan fingerprint density at radius 1 is 1.06 bits per heavy atom. The molecule has 1 heteroatoms. The van der Waals surface area contributed by atoms with Gasteiger partial charge in [0.2, 0.25) is 0 Å². The first-order valence-electron chi connectivity index (χ1n) is 6.40. The summed E-state index contributed by atoms with van der Waals surface area (Å²) in [6.07, 6.45) is 0. The van der Waals surface area contributed by atoms with Gasteiger partial charge in [-0.1, -0.05) is 46.8 Å². The second kappa shape index (κ2) is 3.90. The summed E-state index contributed by atoms with van der Waals surface area (Å²) in [5.74, 6) is 0.590. The Bertz CT molecular complexity index is 538. The van der Waals surface area contributed by atoms with Gasteiger partial charge < -0.3 is 4.57 Å². The van der Waals surface area contributed by atoms with E-state index in [9.17, 15) is 0 Å². The topological polar surface area (TPSA) is 4.93 Å². The van der Waals surface area contributed by atoms with Gasteiger partial charge in [-0.3, -0.25) is 0 Å². The highest BCUT2D eigenvalue weighted by atomic mass is 15.0. The molecule has 0 spiro atoms. The molecule has 0 radical (unpaired) electrons. The lowest BCUT2D eigenvalue weighted by Crippen LogP contribution is -2.15. The molecule has 1 aromatic carbocycles. The maximum atomic E-state index is 2.33. The Balaban J connectivity index is 2.67. The third kappa shape index (κ3) is 2.11. The van der Waals surface area contributed by atoms with E-state index in [0.717, 1.165) is 0 Å². The molecule has 0 aliphatic carbocycles. The van der Waals surface area contributed by atoms with Crippen molar-refractivity contribution in [2.24, 2.45) is 7.05 Å². The van der Waals surface area contributed by atoms with Crippen LogP contribution < -0.4 is 0 Å². The molecule has 2 rings (SSSR count). The van der Waals surface area contributed by atoms with Gasteiger partial charge in [0.05, 0.1) is 0 Å². The summed E-state index contributed by atoms with van der Waals surface area (Å²) in [6.45, 7) is 11.3. The van der Waals surface area contributed by atoms with Gasteiger partial charge in [0.1, 0.15) is 0 Å². The predicted octanol–water partition coefficient (Wildman–Crippen LogP) is 4.60. The van der Waals surface area contributed by atoms with Gasteiger partial charge in [0.15, 0.2) is 0 Å². The second-order valence-electron chi connectivity index (χ2n) is 6.31. The summed E-state index contributed by atoms with van der Waals surface area (Å²) < 4.78 is 2.33. The normalized spacial score (nSPS) is 12.6. The maximum Gasteiger partial charge on any atom is 0.0482 e. The van der Waals surface area contributed by atoms with Gasteiger partial charge in [-0.2, -0.15) is 0 Å². The largest absolute Gasteiger partial charge is 0.347 e. The quantitative estimate of drug-likeness (QED) is 0.673. The lowest BCUT2D eigenvalue weighted by atomic mass is 9.92. The molecular formula is C16H23N. The van der Waals surface area contributed by atoms with Crippen LogP contribution in [-0.2, 0) is 12.5 Å². The molecule has 0 saturated heterocycles. The zero-order valence-corrected chi connectivity index (χ0v) is 11.8. The molecule has 0 N–H and O–H groups in total. The monoisotopic (exact) mass is 229 g/mol. The zero-order chi connectivity index (χ0) is 12.8. The van der Waals surface area contributed by atoms with Crippen LogP contribution in [0.3, 0.4) is 0 Å². The fraction of sp³-hybridized carbons (Fsp3) is 0.500. The zero-order valence-electron chi connectivity index (χ0n) is 11.8. The van der Waals surface area contributed by atoms with Crippen LogP contribution in [0.1, 0.15) is 51.8 Å². The van der Waals surface area contributed by atoms with Crippen molar-refractivity contribution in [3.05, 3.63) is 35.5 Å². The fourth-order valence-corrected chi connectivity index (χ4v) is 2.43. The molecule has 0 amide bonds. The van der Waals surface area contributed by atoms with Crippen molar-refractivity contribution in [3.63, 3.8) is 0 Å². The number of aromatic nitrogens is 1. The van der Waals surface area contributed by atoms with Crippen LogP contribution in [-0.4, -0.2) is 4.57 Å². The summed E-state index contributed by atoms with van der Waals surface area (Å²) in [6, 6.07) is 9.15. The van der Waals surface area contributed by atoms with Crippen molar-refractivity contribution < 1.29 is 0 Å². The van der Waals surface area contributed by atoms with E-state index in [-0.39, 0.29) is 5.41 Å². The predicted molar refractivity (Wildman–Crippen MR) is 75.7 cm³/mol. The number of aryl methyl sites for hydroxylation is 1. The molecule has 0 aliphatic rings. The molecule has 0 aliphatic heterocycles. The smallest absolute Gasteiger partial charge is 0.0482 e. The van der Waals surface area contributed by atoms with Crippen molar-refractivity contribution in [3.8, 4) is 0 Å². The Morgan fingerprint density at radius 3 is 2.24 bits per heavy atom. The molecule has 0 fully saturated rings. The van der Waals surface area contributed by atoms with E-state index >= 15 is 0 Å². The highest BCUT2D eigenvalue weighted by Crippen LogP contribution is 2.30. The average molecular weight is 229 g/mol. The highest BCUT2D eigenvalue weighted by Gasteiger charge is 2.19. The van der Waals surface area contributed by atoms with E-state index in [1.54, 1.807) is 0 Å². The molecule has 0 unspecified atom stereocenters. The van der Waals surface area contributed by atoms with Gasteiger partial charge in [0.25, 0.3) is 0 Å². The molecule has 17 heavy (non-hydrogen) atoms. The van der Waals surface area contributed by atoms with Gasteiger partial charge in [0, 0.05) is 23.7 Å². The summed E-state index contributed by atoms with van der Waals surface area (Å²) in [7, 11) is 2.17. The van der Waals surface area contributed by atoms with E-state index in [1.165, 1.54) is 22.2 Å². The summed E-state index contributed by atoms with van der Waals surface area (Å²) >= 11 is 0. The third-order valence-electron chi connectivity index (χ3n) is 3.50. The lowest BCUT2D eigenvalue weighted by molar-refractivity contribution is 0.547. The molecular weight excluding hydrogens is 206 g/mol. The second-order valence-corrected chi connectivity index (χ2v) is 6.31. The number of rotatable bonds is 1.